The molecule has 3 aliphatic rings. The van der Waals surface area contributed by atoms with Crippen LogP contribution in [-0.2, 0) is 11.8 Å². The molecule has 0 saturated heterocycles. The Kier molecular flexibility index (Phi) is 5.71. The van der Waals surface area contributed by atoms with E-state index in [1.165, 1.54) is 56.9 Å². The highest BCUT2D eigenvalue weighted by Gasteiger charge is 2.48. The Hall–Kier alpha value is -2.58. The van der Waals surface area contributed by atoms with Crippen LogP contribution in [0.15, 0.2) is 36.4 Å². The third kappa shape index (κ3) is 3.44. The van der Waals surface area contributed by atoms with Crippen LogP contribution in [-0.4, -0.2) is 0 Å². The third-order valence-corrected chi connectivity index (χ3v) is 8.02. The van der Waals surface area contributed by atoms with Crippen LogP contribution in [0.4, 0.5) is 0 Å². The van der Waals surface area contributed by atoms with E-state index < -0.39 is 0 Å². The zero-order chi connectivity index (χ0) is 21.2. The molecule has 0 aromatic heterocycles. The van der Waals surface area contributed by atoms with Crippen molar-refractivity contribution in [1.82, 2.24) is 0 Å². The molecule has 2 nitrogen and oxygen atoms in total. The highest BCUT2D eigenvalue weighted by Crippen LogP contribution is 2.59. The van der Waals surface area contributed by atoms with Crippen LogP contribution in [0.25, 0.3) is 11.1 Å². The van der Waals surface area contributed by atoms with E-state index in [4.69, 9.17) is 0 Å². The monoisotopic (exact) mass is 396 g/mol. The average Bonchev–Trinajstić information content (AvgIpc) is 2.80. The number of hydrogen-bond donors (Lipinski definition) is 0. The zero-order valence-electron chi connectivity index (χ0n) is 18.4. The fraction of sp³-hybridized carbons (Fsp3) is 0.500. The molecule has 2 aromatic carbocycles. The number of nitriles is 2. The van der Waals surface area contributed by atoms with E-state index in [1.807, 2.05) is 12.1 Å². The van der Waals surface area contributed by atoms with Gasteiger partial charge in [-0.1, -0.05) is 63.1 Å². The molecule has 0 N–H and O–H groups in total. The number of rotatable bonds is 6. The van der Waals surface area contributed by atoms with Crippen LogP contribution >= 0.6 is 0 Å². The van der Waals surface area contributed by atoms with Gasteiger partial charge in [-0.05, 0) is 78.9 Å². The van der Waals surface area contributed by atoms with E-state index in [0.29, 0.717) is 22.0 Å². The Morgan fingerprint density at radius 2 is 1.40 bits per heavy atom. The van der Waals surface area contributed by atoms with Gasteiger partial charge in [0.15, 0.2) is 0 Å². The molecule has 3 aliphatic carbocycles. The summed E-state index contributed by atoms with van der Waals surface area (Å²) in [5.74, 6) is 0. The van der Waals surface area contributed by atoms with Crippen molar-refractivity contribution in [2.45, 2.75) is 83.5 Å². The normalized spacial score (nSPS) is 24.9. The lowest BCUT2D eigenvalue weighted by atomic mass is 9.51. The summed E-state index contributed by atoms with van der Waals surface area (Å²) in [5, 5.41) is 19.5. The molecule has 0 amide bonds. The van der Waals surface area contributed by atoms with Crippen LogP contribution in [0.1, 0.15) is 93.9 Å². The van der Waals surface area contributed by atoms with Crippen molar-refractivity contribution in [1.29, 1.82) is 10.5 Å². The number of fused-ring (bicyclic) bond motifs is 3. The highest BCUT2D eigenvalue weighted by atomic mass is 14.5. The summed E-state index contributed by atoms with van der Waals surface area (Å²) in [7, 11) is 0. The molecular weight excluding hydrogens is 364 g/mol. The van der Waals surface area contributed by atoms with Gasteiger partial charge >= 0.3 is 0 Å². The van der Waals surface area contributed by atoms with Gasteiger partial charge in [-0.3, -0.25) is 0 Å². The maximum atomic E-state index is 9.79. The number of benzene rings is 2. The fourth-order valence-corrected chi connectivity index (χ4v) is 6.21. The second kappa shape index (κ2) is 8.28. The summed E-state index contributed by atoms with van der Waals surface area (Å²) >= 11 is 0. The van der Waals surface area contributed by atoms with E-state index in [1.54, 1.807) is 0 Å². The Balaban J connectivity index is 1.63. The summed E-state index contributed by atoms with van der Waals surface area (Å²) in [6.07, 6.45) is 12.6. The van der Waals surface area contributed by atoms with Gasteiger partial charge in [0.05, 0.1) is 11.1 Å². The molecule has 0 heterocycles. The minimum absolute atomic E-state index is 0.356. The molecule has 30 heavy (non-hydrogen) atoms. The van der Waals surface area contributed by atoms with Gasteiger partial charge in [0.1, 0.15) is 12.1 Å². The van der Waals surface area contributed by atoms with Crippen molar-refractivity contribution in [3.05, 3.63) is 58.7 Å². The molecule has 2 bridgehead atoms. The Labute approximate surface area is 181 Å². The van der Waals surface area contributed by atoms with Crippen molar-refractivity contribution < 1.29 is 0 Å². The fourth-order valence-electron chi connectivity index (χ4n) is 6.21. The lowest BCUT2D eigenvalue weighted by molar-refractivity contribution is 0.0320. The molecule has 0 radical (unpaired) electrons. The topological polar surface area (TPSA) is 47.6 Å². The van der Waals surface area contributed by atoms with Gasteiger partial charge in [0, 0.05) is 5.56 Å². The predicted octanol–water partition coefficient (Wildman–Crippen LogP) is 7.44. The first kappa shape index (κ1) is 20.7. The van der Waals surface area contributed by atoms with Crippen LogP contribution < -0.4 is 0 Å². The Bertz CT molecular complexity index is 976. The maximum absolute atomic E-state index is 9.79. The van der Waals surface area contributed by atoms with E-state index in [0.717, 1.165) is 29.5 Å². The van der Waals surface area contributed by atoms with Crippen LogP contribution in [0.2, 0.25) is 0 Å². The second-order valence-electron chi connectivity index (χ2n) is 9.60. The quantitative estimate of drug-likeness (QED) is 0.509. The molecule has 154 valence electrons. The Morgan fingerprint density at radius 3 is 1.93 bits per heavy atom. The van der Waals surface area contributed by atoms with Crippen molar-refractivity contribution in [2.75, 3.05) is 0 Å². The lowest BCUT2D eigenvalue weighted by Gasteiger charge is -2.54. The van der Waals surface area contributed by atoms with Gasteiger partial charge in [0.25, 0.3) is 0 Å². The highest BCUT2D eigenvalue weighted by molar-refractivity contribution is 5.75. The molecule has 2 aromatic rings. The SMILES string of the molecule is CCCc1ccc(-c2ccc(C34CCC(CCC)(CC3)CC4)cc2)c(C#N)c1C#N. The largest absolute Gasteiger partial charge is 0.192 e. The van der Waals surface area contributed by atoms with Crippen molar-refractivity contribution in [2.24, 2.45) is 5.41 Å². The molecule has 3 saturated carbocycles. The second-order valence-corrected chi connectivity index (χ2v) is 9.60. The first-order valence-corrected chi connectivity index (χ1v) is 11.7. The minimum atomic E-state index is 0.356. The summed E-state index contributed by atoms with van der Waals surface area (Å²) in [5.41, 5.74) is 6.43. The first-order valence-electron chi connectivity index (χ1n) is 11.7. The van der Waals surface area contributed by atoms with E-state index in [-0.39, 0.29) is 0 Å². The summed E-state index contributed by atoms with van der Waals surface area (Å²) in [6, 6.07) is 17.6. The molecule has 3 fully saturated rings. The minimum Gasteiger partial charge on any atom is -0.192 e. The summed E-state index contributed by atoms with van der Waals surface area (Å²) in [4.78, 5) is 0. The predicted molar refractivity (Wildman–Crippen MR) is 122 cm³/mol. The van der Waals surface area contributed by atoms with Crippen molar-refractivity contribution in [3.63, 3.8) is 0 Å². The smallest absolute Gasteiger partial charge is 0.101 e. The number of hydrogen-bond acceptors (Lipinski definition) is 2. The van der Waals surface area contributed by atoms with E-state index in [9.17, 15) is 10.5 Å². The third-order valence-electron chi connectivity index (χ3n) is 8.02. The van der Waals surface area contributed by atoms with Gasteiger partial charge in [-0.15, -0.1) is 0 Å². The van der Waals surface area contributed by atoms with Crippen LogP contribution in [0, 0.1) is 28.1 Å². The number of aryl methyl sites for hydroxylation is 1. The van der Waals surface area contributed by atoms with Gasteiger partial charge < -0.3 is 0 Å². The Morgan fingerprint density at radius 1 is 0.767 bits per heavy atom. The van der Waals surface area contributed by atoms with Crippen LogP contribution in [0.3, 0.4) is 0 Å². The van der Waals surface area contributed by atoms with Gasteiger partial charge in [-0.25, -0.2) is 0 Å². The standard InChI is InChI=1S/C28H32N2/c1-3-5-21-8-11-24(26(20-30)25(21)19-29)22-6-9-23(10-7-22)28-16-13-27(12-4-2,14-17-28)15-18-28/h6-11H,3-5,12-18H2,1-2H3. The molecular formula is C28H32N2. The summed E-state index contributed by atoms with van der Waals surface area (Å²) in [6.45, 7) is 4.42. The van der Waals surface area contributed by atoms with Crippen molar-refractivity contribution in [3.8, 4) is 23.3 Å². The molecule has 0 unspecified atom stereocenters. The molecule has 0 aliphatic heterocycles. The van der Waals surface area contributed by atoms with Gasteiger partial charge in [0.2, 0.25) is 0 Å². The van der Waals surface area contributed by atoms with Gasteiger partial charge in [-0.2, -0.15) is 10.5 Å². The molecule has 5 rings (SSSR count). The lowest BCUT2D eigenvalue weighted by Crippen LogP contribution is -2.44. The molecule has 0 spiro atoms. The summed E-state index contributed by atoms with van der Waals surface area (Å²) < 4.78 is 0. The maximum Gasteiger partial charge on any atom is 0.101 e. The molecule has 2 heteroatoms. The average molecular weight is 397 g/mol. The number of nitrogens with zero attached hydrogens (tertiary/aromatic N) is 2. The van der Waals surface area contributed by atoms with Crippen LogP contribution in [0.5, 0.6) is 0 Å². The first-order chi connectivity index (χ1) is 14.6. The molecule has 0 atom stereocenters. The van der Waals surface area contributed by atoms with E-state index >= 15 is 0 Å². The van der Waals surface area contributed by atoms with Crippen molar-refractivity contribution >= 4 is 0 Å². The van der Waals surface area contributed by atoms with E-state index in [2.05, 4.69) is 50.3 Å². The zero-order valence-corrected chi connectivity index (χ0v) is 18.4.